The summed E-state index contributed by atoms with van der Waals surface area (Å²) in [7, 11) is 4.21. The first-order valence-electron chi connectivity index (χ1n) is 7.70. The zero-order chi connectivity index (χ0) is 16.7. The number of nitrogens with zero attached hydrogens (tertiary/aromatic N) is 2. The minimum atomic E-state index is 0.196. The number of oxazole rings is 1. The van der Waals surface area contributed by atoms with Crippen molar-refractivity contribution in [2.75, 3.05) is 32.5 Å². The van der Waals surface area contributed by atoms with Crippen LogP contribution in [-0.4, -0.2) is 32.2 Å². The molecule has 0 radical (unpaired) electrons. The highest BCUT2D eigenvalue weighted by Gasteiger charge is 2.13. The van der Waals surface area contributed by atoms with Gasteiger partial charge >= 0.3 is 0 Å². The van der Waals surface area contributed by atoms with Crippen LogP contribution in [0.4, 0.5) is 5.88 Å². The first-order valence-corrected chi connectivity index (χ1v) is 7.70. The molecule has 6 heteroatoms. The Labute approximate surface area is 136 Å². The summed E-state index contributed by atoms with van der Waals surface area (Å²) in [6, 6.07) is 9.80. The molecule has 1 heterocycles. The van der Waals surface area contributed by atoms with E-state index >= 15 is 0 Å². The lowest BCUT2D eigenvalue weighted by Crippen LogP contribution is -3.05. The lowest BCUT2D eigenvalue weighted by molar-refractivity contribution is -0.858. The average molecular weight is 315 g/mol. The van der Waals surface area contributed by atoms with Crippen molar-refractivity contribution >= 4 is 5.88 Å². The molecule has 0 amide bonds. The van der Waals surface area contributed by atoms with Crippen LogP contribution in [0.15, 0.2) is 28.7 Å². The summed E-state index contributed by atoms with van der Waals surface area (Å²) in [6.45, 7) is 3.99. The number of aryl methyl sites for hydroxylation is 1. The number of ether oxygens (including phenoxy) is 1. The Morgan fingerprint density at radius 3 is 2.91 bits per heavy atom. The van der Waals surface area contributed by atoms with E-state index in [2.05, 4.69) is 24.4 Å². The van der Waals surface area contributed by atoms with E-state index in [0.29, 0.717) is 11.8 Å². The van der Waals surface area contributed by atoms with Gasteiger partial charge in [-0.2, -0.15) is 10.2 Å². The van der Waals surface area contributed by atoms with Gasteiger partial charge in [0.15, 0.2) is 6.61 Å². The molecule has 0 aliphatic rings. The van der Waals surface area contributed by atoms with E-state index in [-0.39, 0.29) is 12.3 Å². The molecule has 6 nitrogen and oxygen atoms in total. The van der Waals surface area contributed by atoms with Crippen LogP contribution in [-0.2, 0) is 6.61 Å². The number of aromatic nitrogens is 1. The largest absolute Gasteiger partial charge is 0.484 e. The fourth-order valence-corrected chi connectivity index (χ4v) is 2.12. The molecule has 0 saturated heterocycles. The van der Waals surface area contributed by atoms with Gasteiger partial charge in [-0.05, 0) is 24.6 Å². The number of nitrogens with one attached hydrogen (secondary N) is 2. The van der Waals surface area contributed by atoms with Gasteiger partial charge in [0, 0.05) is 13.0 Å². The molecule has 0 fully saturated rings. The van der Waals surface area contributed by atoms with E-state index in [0.717, 1.165) is 30.8 Å². The highest BCUT2D eigenvalue weighted by atomic mass is 16.5. The van der Waals surface area contributed by atoms with Crippen molar-refractivity contribution in [3.8, 4) is 11.8 Å². The third kappa shape index (κ3) is 5.31. The lowest BCUT2D eigenvalue weighted by Gasteiger charge is -2.07. The zero-order valence-corrected chi connectivity index (χ0v) is 13.8. The Balaban J connectivity index is 1.91. The molecule has 2 N–H and O–H groups in total. The van der Waals surface area contributed by atoms with E-state index in [4.69, 9.17) is 14.4 Å². The van der Waals surface area contributed by atoms with Crippen LogP contribution in [0.25, 0.3) is 0 Å². The van der Waals surface area contributed by atoms with E-state index in [1.807, 2.05) is 37.3 Å². The summed E-state index contributed by atoms with van der Waals surface area (Å²) in [5.41, 5.74) is 1.39. The molecule has 1 aromatic heterocycles. The molecule has 2 rings (SSSR count). The van der Waals surface area contributed by atoms with Gasteiger partial charge in [0.25, 0.3) is 0 Å². The lowest BCUT2D eigenvalue weighted by atomic mass is 10.2. The van der Waals surface area contributed by atoms with Gasteiger partial charge in [0.1, 0.15) is 11.8 Å². The first kappa shape index (κ1) is 16.8. The van der Waals surface area contributed by atoms with Crippen LogP contribution in [0.3, 0.4) is 0 Å². The smallest absolute Gasteiger partial charge is 0.236 e. The molecular weight excluding hydrogens is 292 g/mol. The number of rotatable bonds is 8. The van der Waals surface area contributed by atoms with Gasteiger partial charge in [0.05, 0.1) is 20.6 Å². The monoisotopic (exact) mass is 315 g/mol. The summed E-state index contributed by atoms with van der Waals surface area (Å²) in [5, 5.41) is 12.3. The number of quaternary nitrogens is 1. The maximum Gasteiger partial charge on any atom is 0.236 e. The standard InChI is InChI=1S/C17H22N4O2/c1-13-6-4-7-14(10-13)22-12-16-20-15(11-18)17(23-16)19-8-5-9-21(2)3/h4,6-7,10,19H,5,8-9,12H2,1-3H3/p+1. The Morgan fingerprint density at radius 1 is 1.39 bits per heavy atom. The minimum Gasteiger partial charge on any atom is -0.484 e. The van der Waals surface area contributed by atoms with Gasteiger partial charge in [0.2, 0.25) is 17.5 Å². The molecule has 0 atom stereocenters. The Morgan fingerprint density at radius 2 is 2.22 bits per heavy atom. The fourth-order valence-electron chi connectivity index (χ4n) is 2.12. The summed E-state index contributed by atoms with van der Waals surface area (Å²) in [6.07, 6.45) is 0.989. The van der Waals surface area contributed by atoms with Gasteiger partial charge in [-0.3, -0.25) is 0 Å². The van der Waals surface area contributed by atoms with Crippen molar-refractivity contribution in [3.05, 3.63) is 41.4 Å². The van der Waals surface area contributed by atoms with Crippen LogP contribution in [0, 0.1) is 18.3 Å². The van der Waals surface area contributed by atoms with Gasteiger partial charge in [-0.25, -0.2) is 0 Å². The molecule has 0 spiro atoms. The zero-order valence-electron chi connectivity index (χ0n) is 13.8. The van der Waals surface area contributed by atoms with Crippen LogP contribution in [0.5, 0.6) is 5.75 Å². The third-order valence-electron chi connectivity index (χ3n) is 3.27. The maximum absolute atomic E-state index is 9.14. The van der Waals surface area contributed by atoms with E-state index < -0.39 is 0 Å². The average Bonchev–Trinajstić information content (AvgIpc) is 2.92. The van der Waals surface area contributed by atoms with Crippen molar-refractivity contribution in [2.24, 2.45) is 0 Å². The topological polar surface area (TPSA) is 75.5 Å². The molecule has 0 aliphatic carbocycles. The molecule has 122 valence electrons. The van der Waals surface area contributed by atoms with E-state index in [9.17, 15) is 0 Å². The third-order valence-corrected chi connectivity index (χ3v) is 3.27. The summed E-state index contributed by atoms with van der Waals surface area (Å²) in [4.78, 5) is 5.55. The van der Waals surface area contributed by atoms with Crippen LogP contribution in [0.2, 0.25) is 0 Å². The predicted octanol–water partition coefficient (Wildman–Crippen LogP) is 1.38. The second-order valence-corrected chi connectivity index (χ2v) is 5.74. The van der Waals surface area contributed by atoms with Crippen molar-refractivity contribution in [1.29, 1.82) is 5.26 Å². The molecule has 23 heavy (non-hydrogen) atoms. The summed E-state index contributed by atoms with van der Waals surface area (Å²) < 4.78 is 11.2. The molecule has 0 unspecified atom stereocenters. The number of hydrogen-bond donors (Lipinski definition) is 2. The van der Waals surface area contributed by atoms with Crippen molar-refractivity contribution < 1.29 is 14.1 Å². The number of nitriles is 1. The second-order valence-electron chi connectivity index (χ2n) is 5.74. The van der Waals surface area contributed by atoms with Gasteiger partial charge in [-0.1, -0.05) is 12.1 Å². The summed E-state index contributed by atoms with van der Waals surface area (Å²) in [5.74, 6) is 1.57. The second kappa shape index (κ2) is 8.20. The molecule has 0 aliphatic heterocycles. The van der Waals surface area contributed by atoms with Crippen LogP contribution < -0.4 is 15.0 Å². The fraction of sp³-hybridized carbons (Fsp3) is 0.412. The Bertz CT molecular complexity index is 673. The molecule has 0 saturated carbocycles. The van der Waals surface area contributed by atoms with Crippen molar-refractivity contribution in [2.45, 2.75) is 20.0 Å². The SMILES string of the molecule is Cc1cccc(OCc2nc(C#N)c(NCCC[NH+](C)C)o2)c1. The number of hydrogen-bond acceptors (Lipinski definition) is 5. The quantitative estimate of drug-likeness (QED) is 0.720. The Kier molecular flexibility index (Phi) is 6.01. The highest BCUT2D eigenvalue weighted by Crippen LogP contribution is 2.19. The highest BCUT2D eigenvalue weighted by molar-refractivity contribution is 5.45. The Hall–Kier alpha value is -2.52. The van der Waals surface area contributed by atoms with Crippen molar-refractivity contribution in [1.82, 2.24) is 4.98 Å². The minimum absolute atomic E-state index is 0.196. The first-order chi connectivity index (χ1) is 11.1. The van der Waals surface area contributed by atoms with E-state index in [1.165, 1.54) is 4.90 Å². The molecule has 1 aromatic carbocycles. The molecule has 2 aromatic rings. The normalized spacial score (nSPS) is 10.6. The number of benzene rings is 1. The van der Waals surface area contributed by atoms with Gasteiger partial charge in [-0.15, -0.1) is 0 Å². The molecule has 0 bridgehead atoms. The maximum atomic E-state index is 9.14. The van der Waals surface area contributed by atoms with Gasteiger partial charge < -0.3 is 19.4 Å². The summed E-state index contributed by atoms with van der Waals surface area (Å²) >= 11 is 0. The van der Waals surface area contributed by atoms with E-state index in [1.54, 1.807) is 0 Å². The van der Waals surface area contributed by atoms with Crippen LogP contribution in [0.1, 0.15) is 23.6 Å². The van der Waals surface area contributed by atoms with Crippen LogP contribution >= 0.6 is 0 Å². The molecular formula is C17H23N4O2+. The predicted molar refractivity (Wildman–Crippen MR) is 87.5 cm³/mol. The number of anilines is 1. The van der Waals surface area contributed by atoms with Crippen molar-refractivity contribution in [3.63, 3.8) is 0 Å².